The van der Waals surface area contributed by atoms with Gasteiger partial charge in [0.1, 0.15) is 5.75 Å². The van der Waals surface area contributed by atoms with Gasteiger partial charge in [-0.2, -0.15) is 0 Å². The van der Waals surface area contributed by atoms with Crippen LogP contribution in [-0.2, 0) is 14.3 Å². The predicted molar refractivity (Wildman–Crippen MR) is 80.8 cm³/mol. The van der Waals surface area contributed by atoms with Crippen molar-refractivity contribution in [2.24, 2.45) is 5.92 Å². The van der Waals surface area contributed by atoms with Crippen LogP contribution in [0.25, 0.3) is 6.08 Å². The van der Waals surface area contributed by atoms with Crippen LogP contribution >= 0.6 is 0 Å². The van der Waals surface area contributed by atoms with E-state index in [-0.39, 0.29) is 12.5 Å². The maximum atomic E-state index is 11.5. The Bertz CT molecular complexity index is 509. The van der Waals surface area contributed by atoms with Crippen molar-refractivity contribution in [1.82, 2.24) is 5.32 Å². The molecule has 0 unspecified atom stereocenters. The van der Waals surface area contributed by atoms with Gasteiger partial charge >= 0.3 is 5.97 Å². The number of carbonyl (C=O) groups is 2. The Morgan fingerprint density at radius 2 is 2.00 bits per heavy atom. The zero-order chi connectivity index (χ0) is 15.7. The third-order valence-electron chi connectivity index (χ3n) is 2.59. The highest BCUT2D eigenvalue weighted by molar-refractivity contribution is 5.89. The van der Waals surface area contributed by atoms with Crippen LogP contribution in [0, 0.1) is 5.92 Å². The molecule has 114 valence electrons. The van der Waals surface area contributed by atoms with E-state index in [9.17, 15) is 9.59 Å². The number of rotatable bonds is 7. The topological polar surface area (TPSA) is 64.6 Å². The monoisotopic (exact) mass is 291 g/mol. The van der Waals surface area contributed by atoms with Gasteiger partial charge in [-0.05, 0) is 18.1 Å². The fraction of sp³-hybridized carbons (Fsp3) is 0.375. The van der Waals surface area contributed by atoms with Crippen LogP contribution in [0.3, 0.4) is 0 Å². The van der Waals surface area contributed by atoms with Crippen LogP contribution in [0.4, 0.5) is 0 Å². The molecule has 1 aromatic rings. The first kappa shape index (κ1) is 16.8. The highest BCUT2D eigenvalue weighted by atomic mass is 16.5. The Kier molecular flexibility index (Phi) is 7.01. The molecule has 1 amide bonds. The lowest BCUT2D eigenvalue weighted by atomic mass is 10.2. The van der Waals surface area contributed by atoms with E-state index in [0.29, 0.717) is 18.2 Å². The van der Waals surface area contributed by atoms with Crippen LogP contribution in [0.2, 0.25) is 0 Å². The van der Waals surface area contributed by atoms with E-state index in [1.165, 1.54) is 6.08 Å². The SMILES string of the molecule is COc1ccccc1C=CC(=O)OCC(=O)NCC(C)C. The highest BCUT2D eigenvalue weighted by Crippen LogP contribution is 2.18. The summed E-state index contributed by atoms with van der Waals surface area (Å²) in [5.41, 5.74) is 0.765. The van der Waals surface area contributed by atoms with E-state index in [0.717, 1.165) is 5.56 Å². The minimum absolute atomic E-state index is 0.276. The Balaban J connectivity index is 2.43. The summed E-state index contributed by atoms with van der Waals surface area (Å²) in [5, 5.41) is 2.67. The van der Waals surface area contributed by atoms with E-state index in [2.05, 4.69) is 5.32 Å². The molecule has 0 radical (unpaired) electrons. The molecule has 0 heterocycles. The fourth-order valence-corrected chi connectivity index (χ4v) is 1.52. The molecule has 0 bridgehead atoms. The summed E-state index contributed by atoms with van der Waals surface area (Å²) >= 11 is 0. The normalized spacial score (nSPS) is 10.7. The lowest BCUT2D eigenvalue weighted by Gasteiger charge is -2.07. The number of para-hydroxylation sites is 1. The Hall–Kier alpha value is -2.30. The average molecular weight is 291 g/mol. The Labute approximate surface area is 124 Å². The first-order chi connectivity index (χ1) is 10.0. The third kappa shape index (κ3) is 6.61. The van der Waals surface area contributed by atoms with E-state index in [4.69, 9.17) is 9.47 Å². The van der Waals surface area contributed by atoms with Gasteiger partial charge in [0.2, 0.25) is 0 Å². The van der Waals surface area contributed by atoms with Gasteiger partial charge in [0.05, 0.1) is 7.11 Å². The van der Waals surface area contributed by atoms with Crippen molar-refractivity contribution in [1.29, 1.82) is 0 Å². The second kappa shape index (κ2) is 8.79. The molecule has 0 fully saturated rings. The van der Waals surface area contributed by atoms with E-state index >= 15 is 0 Å². The summed E-state index contributed by atoms with van der Waals surface area (Å²) in [5.74, 6) is 0.148. The van der Waals surface area contributed by atoms with Crippen molar-refractivity contribution < 1.29 is 19.1 Å². The van der Waals surface area contributed by atoms with Crippen molar-refractivity contribution >= 4 is 18.0 Å². The lowest BCUT2D eigenvalue weighted by Crippen LogP contribution is -2.31. The van der Waals surface area contributed by atoms with Crippen LogP contribution in [0.1, 0.15) is 19.4 Å². The minimum atomic E-state index is -0.569. The molecule has 21 heavy (non-hydrogen) atoms. The number of amides is 1. The van der Waals surface area contributed by atoms with Crippen molar-refractivity contribution in [3.63, 3.8) is 0 Å². The summed E-state index contributed by atoms with van der Waals surface area (Å²) < 4.78 is 10.0. The molecule has 0 saturated heterocycles. The molecule has 5 nitrogen and oxygen atoms in total. The van der Waals surface area contributed by atoms with Crippen LogP contribution in [0.5, 0.6) is 5.75 Å². The quantitative estimate of drug-likeness (QED) is 0.616. The number of ether oxygens (including phenoxy) is 2. The Morgan fingerprint density at radius 3 is 2.67 bits per heavy atom. The number of methoxy groups -OCH3 is 1. The molecule has 0 saturated carbocycles. The zero-order valence-corrected chi connectivity index (χ0v) is 12.6. The number of nitrogens with one attached hydrogen (secondary N) is 1. The molecule has 0 spiro atoms. The van der Waals surface area contributed by atoms with Gasteiger partial charge < -0.3 is 14.8 Å². The lowest BCUT2D eigenvalue weighted by molar-refractivity contribution is -0.143. The molecule has 5 heteroatoms. The molecule has 0 aromatic heterocycles. The summed E-state index contributed by atoms with van der Waals surface area (Å²) in [6.07, 6.45) is 2.86. The fourth-order valence-electron chi connectivity index (χ4n) is 1.52. The molecule has 0 atom stereocenters. The van der Waals surface area contributed by atoms with Crippen LogP contribution in [-0.4, -0.2) is 32.1 Å². The summed E-state index contributed by atoms with van der Waals surface area (Å²) in [4.78, 5) is 22.9. The zero-order valence-electron chi connectivity index (χ0n) is 12.6. The second-order valence-corrected chi connectivity index (χ2v) is 4.88. The predicted octanol–water partition coefficient (Wildman–Crippen LogP) is 2.02. The first-order valence-electron chi connectivity index (χ1n) is 6.77. The van der Waals surface area contributed by atoms with Crippen LogP contribution < -0.4 is 10.1 Å². The van der Waals surface area contributed by atoms with Crippen LogP contribution in [0.15, 0.2) is 30.3 Å². The molecule has 0 aliphatic carbocycles. The molecule has 1 N–H and O–H groups in total. The Morgan fingerprint density at radius 1 is 1.29 bits per heavy atom. The summed E-state index contributed by atoms with van der Waals surface area (Å²) in [6, 6.07) is 7.29. The smallest absolute Gasteiger partial charge is 0.331 e. The average Bonchev–Trinajstić information content (AvgIpc) is 2.49. The molecular formula is C16H21NO4. The molecule has 0 aliphatic rings. The van der Waals surface area contributed by atoms with Crippen molar-refractivity contribution in [2.75, 3.05) is 20.3 Å². The third-order valence-corrected chi connectivity index (χ3v) is 2.59. The van der Waals surface area contributed by atoms with Gasteiger partial charge in [-0.3, -0.25) is 4.79 Å². The number of esters is 1. The number of hydrogen-bond acceptors (Lipinski definition) is 4. The highest BCUT2D eigenvalue weighted by Gasteiger charge is 2.05. The largest absolute Gasteiger partial charge is 0.496 e. The maximum Gasteiger partial charge on any atom is 0.331 e. The first-order valence-corrected chi connectivity index (χ1v) is 6.77. The molecule has 1 aromatic carbocycles. The molecular weight excluding hydrogens is 270 g/mol. The maximum absolute atomic E-state index is 11.5. The van der Waals surface area contributed by atoms with Gasteiger partial charge in [0.15, 0.2) is 6.61 Å². The van der Waals surface area contributed by atoms with Gasteiger partial charge in [-0.25, -0.2) is 4.79 Å². The molecule has 1 rings (SSSR count). The standard InChI is InChI=1S/C16H21NO4/c1-12(2)10-17-15(18)11-21-16(19)9-8-13-6-4-5-7-14(13)20-3/h4-9,12H,10-11H2,1-3H3,(H,17,18). The van der Waals surface area contributed by atoms with Gasteiger partial charge in [-0.1, -0.05) is 32.0 Å². The van der Waals surface area contributed by atoms with E-state index in [1.807, 2.05) is 32.0 Å². The van der Waals surface area contributed by atoms with Gasteiger partial charge in [-0.15, -0.1) is 0 Å². The van der Waals surface area contributed by atoms with Gasteiger partial charge in [0.25, 0.3) is 5.91 Å². The molecule has 0 aliphatic heterocycles. The van der Waals surface area contributed by atoms with Crippen molar-refractivity contribution in [2.45, 2.75) is 13.8 Å². The number of hydrogen-bond donors (Lipinski definition) is 1. The van der Waals surface area contributed by atoms with Crippen molar-refractivity contribution in [3.05, 3.63) is 35.9 Å². The number of carbonyl (C=O) groups excluding carboxylic acids is 2. The summed E-state index contributed by atoms with van der Waals surface area (Å²) in [7, 11) is 1.56. The summed E-state index contributed by atoms with van der Waals surface area (Å²) in [6.45, 7) is 4.26. The van der Waals surface area contributed by atoms with E-state index < -0.39 is 5.97 Å². The van der Waals surface area contributed by atoms with Gasteiger partial charge in [0, 0.05) is 18.2 Å². The van der Waals surface area contributed by atoms with Crippen molar-refractivity contribution in [3.8, 4) is 5.75 Å². The van der Waals surface area contributed by atoms with E-state index in [1.54, 1.807) is 19.3 Å². The second-order valence-electron chi connectivity index (χ2n) is 4.88. The minimum Gasteiger partial charge on any atom is -0.496 e. The number of benzene rings is 1.